The summed E-state index contributed by atoms with van der Waals surface area (Å²) in [6.07, 6.45) is 1.33. The zero-order valence-corrected chi connectivity index (χ0v) is 16.1. The standard InChI is InChI=1S/C16H14Cl2N2O3S2/c17-11-1-2-13-12(9-11)19-16(23-13)10-5-7-20(8-6-10)25(21,22)15-4-3-14(18)24-15/h1-4,9-10H,5-8H2. The summed E-state index contributed by atoms with van der Waals surface area (Å²) in [6, 6.07) is 8.49. The van der Waals surface area contributed by atoms with Gasteiger partial charge in [0.15, 0.2) is 11.5 Å². The molecule has 5 nitrogen and oxygen atoms in total. The number of halogens is 2. The van der Waals surface area contributed by atoms with E-state index in [1.165, 1.54) is 4.31 Å². The van der Waals surface area contributed by atoms with Crippen molar-refractivity contribution in [2.45, 2.75) is 23.0 Å². The van der Waals surface area contributed by atoms with Crippen LogP contribution in [0.2, 0.25) is 9.36 Å². The third-order valence-electron chi connectivity index (χ3n) is 4.31. The number of nitrogens with zero attached hydrogens (tertiary/aromatic N) is 2. The molecule has 1 aromatic carbocycles. The van der Waals surface area contributed by atoms with Crippen molar-refractivity contribution in [2.24, 2.45) is 0 Å². The first-order valence-corrected chi connectivity index (χ1v) is 10.8. The molecule has 0 unspecified atom stereocenters. The molecule has 2 aromatic heterocycles. The summed E-state index contributed by atoms with van der Waals surface area (Å²) >= 11 is 12.9. The van der Waals surface area contributed by atoms with Gasteiger partial charge in [0.05, 0.1) is 4.34 Å². The second kappa shape index (κ2) is 6.55. The summed E-state index contributed by atoms with van der Waals surface area (Å²) in [5, 5.41) is 0.614. The molecule has 0 aliphatic carbocycles. The van der Waals surface area contributed by atoms with Gasteiger partial charge >= 0.3 is 0 Å². The normalized spacial score (nSPS) is 17.4. The van der Waals surface area contributed by atoms with Gasteiger partial charge in [0, 0.05) is 24.0 Å². The summed E-state index contributed by atoms with van der Waals surface area (Å²) in [7, 11) is -3.48. The van der Waals surface area contributed by atoms with Crippen molar-refractivity contribution in [1.82, 2.24) is 9.29 Å². The number of benzene rings is 1. The first-order valence-electron chi connectivity index (χ1n) is 7.75. The van der Waals surface area contributed by atoms with E-state index in [4.69, 9.17) is 27.6 Å². The molecule has 1 aliphatic heterocycles. The second-order valence-corrected chi connectivity index (χ2v) is 10.2. The molecular formula is C16H14Cl2N2O3S2. The van der Waals surface area contributed by atoms with Gasteiger partial charge in [-0.05, 0) is 43.2 Å². The lowest BCUT2D eigenvalue weighted by molar-refractivity contribution is 0.294. The summed E-state index contributed by atoms with van der Waals surface area (Å²) in [6.45, 7) is 0.865. The number of piperidine rings is 1. The maximum Gasteiger partial charge on any atom is 0.252 e. The average Bonchev–Trinajstić information content (AvgIpc) is 3.21. The number of sulfonamides is 1. The van der Waals surface area contributed by atoms with Crippen molar-refractivity contribution in [2.75, 3.05) is 13.1 Å². The molecule has 9 heteroatoms. The second-order valence-electron chi connectivity index (χ2n) is 5.90. The number of aromatic nitrogens is 1. The number of oxazole rings is 1. The van der Waals surface area contributed by atoms with Crippen molar-refractivity contribution in [3.63, 3.8) is 0 Å². The number of hydrogen-bond donors (Lipinski definition) is 0. The van der Waals surface area contributed by atoms with Crippen LogP contribution in [0.3, 0.4) is 0 Å². The predicted octanol–water partition coefficient (Wildman–Crippen LogP) is 4.76. The lowest BCUT2D eigenvalue weighted by atomic mass is 9.98. The highest BCUT2D eigenvalue weighted by atomic mass is 35.5. The van der Waals surface area contributed by atoms with Crippen LogP contribution in [0.1, 0.15) is 24.7 Å². The van der Waals surface area contributed by atoms with E-state index in [2.05, 4.69) is 4.98 Å². The van der Waals surface area contributed by atoms with Gasteiger partial charge in [0.1, 0.15) is 9.73 Å². The molecule has 3 heterocycles. The Morgan fingerprint density at radius 1 is 1.16 bits per heavy atom. The van der Waals surface area contributed by atoms with E-state index in [1.54, 1.807) is 30.3 Å². The maximum atomic E-state index is 12.6. The van der Waals surface area contributed by atoms with Crippen molar-refractivity contribution in [1.29, 1.82) is 0 Å². The Hall–Kier alpha value is -1.12. The van der Waals surface area contributed by atoms with Crippen molar-refractivity contribution >= 4 is 55.7 Å². The Morgan fingerprint density at radius 3 is 2.60 bits per heavy atom. The van der Waals surface area contributed by atoms with Crippen LogP contribution in [-0.2, 0) is 10.0 Å². The SMILES string of the molecule is O=S(=O)(c1ccc(Cl)s1)N1CCC(c2nc3cc(Cl)ccc3o2)CC1. The smallest absolute Gasteiger partial charge is 0.252 e. The predicted molar refractivity (Wildman–Crippen MR) is 99.1 cm³/mol. The van der Waals surface area contributed by atoms with E-state index in [0.717, 1.165) is 16.9 Å². The number of rotatable bonds is 3. The van der Waals surface area contributed by atoms with Crippen LogP contribution >= 0.6 is 34.5 Å². The van der Waals surface area contributed by atoms with E-state index >= 15 is 0 Å². The van der Waals surface area contributed by atoms with Crippen LogP contribution in [0.5, 0.6) is 0 Å². The maximum absolute atomic E-state index is 12.6. The molecule has 3 aromatic rings. The van der Waals surface area contributed by atoms with Gasteiger partial charge in [-0.1, -0.05) is 23.2 Å². The molecule has 0 spiro atoms. The van der Waals surface area contributed by atoms with Gasteiger partial charge in [-0.15, -0.1) is 11.3 Å². The average molecular weight is 417 g/mol. The van der Waals surface area contributed by atoms with E-state index in [-0.39, 0.29) is 10.1 Å². The van der Waals surface area contributed by atoms with Crippen molar-refractivity contribution in [3.05, 3.63) is 45.6 Å². The van der Waals surface area contributed by atoms with Gasteiger partial charge in [-0.2, -0.15) is 4.31 Å². The number of fused-ring (bicyclic) bond motifs is 1. The molecule has 1 fully saturated rings. The minimum absolute atomic E-state index is 0.101. The molecule has 132 valence electrons. The third-order valence-corrected chi connectivity index (χ3v) is 8.14. The molecule has 4 rings (SSSR count). The van der Waals surface area contributed by atoms with Gasteiger partial charge < -0.3 is 4.42 Å². The topological polar surface area (TPSA) is 63.4 Å². The van der Waals surface area contributed by atoms with Crippen LogP contribution in [0, 0.1) is 0 Å². The summed E-state index contributed by atoms with van der Waals surface area (Å²) in [5.41, 5.74) is 1.42. The monoisotopic (exact) mass is 416 g/mol. The third kappa shape index (κ3) is 3.31. The van der Waals surface area contributed by atoms with Gasteiger partial charge in [0.2, 0.25) is 0 Å². The van der Waals surface area contributed by atoms with E-state index < -0.39 is 10.0 Å². The molecule has 0 N–H and O–H groups in total. The fraction of sp³-hybridized carbons (Fsp3) is 0.312. The number of thiophene rings is 1. The summed E-state index contributed by atoms with van der Waals surface area (Å²) in [4.78, 5) is 4.51. The Bertz CT molecular complexity index is 1020. The van der Waals surface area contributed by atoms with E-state index in [0.29, 0.717) is 46.8 Å². The fourth-order valence-corrected chi connectivity index (χ4v) is 6.27. The minimum atomic E-state index is -3.48. The highest BCUT2D eigenvalue weighted by Crippen LogP contribution is 2.34. The molecular weight excluding hydrogens is 403 g/mol. The zero-order valence-electron chi connectivity index (χ0n) is 13.0. The largest absolute Gasteiger partial charge is 0.440 e. The van der Waals surface area contributed by atoms with Crippen molar-refractivity contribution in [3.8, 4) is 0 Å². The first kappa shape index (κ1) is 17.3. The molecule has 0 amide bonds. The molecule has 0 saturated carbocycles. The quantitative estimate of drug-likeness (QED) is 0.616. The highest BCUT2D eigenvalue weighted by molar-refractivity contribution is 7.91. The van der Waals surface area contributed by atoms with E-state index in [9.17, 15) is 8.42 Å². The van der Waals surface area contributed by atoms with Gasteiger partial charge in [-0.3, -0.25) is 0 Å². The van der Waals surface area contributed by atoms with E-state index in [1.807, 2.05) is 0 Å². The molecule has 0 bridgehead atoms. The Labute approximate surface area is 159 Å². The lowest BCUT2D eigenvalue weighted by Gasteiger charge is -2.29. The molecule has 0 atom stereocenters. The number of hydrogen-bond acceptors (Lipinski definition) is 5. The van der Waals surface area contributed by atoms with Crippen LogP contribution < -0.4 is 0 Å². The highest BCUT2D eigenvalue weighted by Gasteiger charge is 2.32. The Morgan fingerprint density at radius 2 is 1.92 bits per heavy atom. The summed E-state index contributed by atoms with van der Waals surface area (Å²) < 4.78 is 33.4. The molecule has 25 heavy (non-hydrogen) atoms. The lowest BCUT2D eigenvalue weighted by Crippen LogP contribution is -2.37. The minimum Gasteiger partial charge on any atom is -0.440 e. The van der Waals surface area contributed by atoms with Crippen LogP contribution in [0.25, 0.3) is 11.1 Å². The van der Waals surface area contributed by atoms with Crippen molar-refractivity contribution < 1.29 is 12.8 Å². The Kier molecular flexibility index (Phi) is 4.54. The fourth-order valence-electron chi connectivity index (χ4n) is 3.00. The first-order chi connectivity index (χ1) is 11.9. The molecule has 0 radical (unpaired) electrons. The molecule has 1 aliphatic rings. The van der Waals surface area contributed by atoms with Crippen LogP contribution in [0.4, 0.5) is 0 Å². The van der Waals surface area contributed by atoms with Crippen LogP contribution in [-0.4, -0.2) is 30.8 Å². The van der Waals surface area contributed by atoms with Crippen LogP contribution in [0.15, 0.2) is 39.0 Å². The van der Waals surface area contributed by atoms with Gasteiger partial charge in [-0.25, -0.2) is 13.4 Å². The summed E-state index contributed by atoms with van der Waals surface area (Å²) in [5.74, 6) is 0.748. The molecule has 1 saturated heterocycles. The van der Waals surface area contributed by atoms with Gasteiger partial charge in [0.25, 0.3) is 10.0 Å². The Balaban J connectivity index is 1.50. The zero-order chi connectivity index (χ0) is 17.6.